The molecule has 0 saturated carbocycles. The van der Waals surface area contributed by atoms with Crippen molar-refractivity contribution in [3.05, 3.63) is 36.9 Å². The first-order valence-electron chi connectivity index (χ1n) is 7.04. The van der Waals surface area contributed by atoms with E-state index < -0.39 is 5.91 Å². The third kappa shape index (κ3) is 4.32. The fourth-order valence-electron chi connectivity index (χ4n) is 2.10. The van der Waals surface area contributed by atoms with Crippen molar-refractivity contribution in [1.29, 1.82) is 0 Å². The number of primary amides is 1. The molecular formula is C15H20N2O4. The molecule has 2 aliphatic heterocycles. The van der Waals surface area contributed by atoms with Crippen molar-refractivity contribution in [3.63, 3.8) is 0 Å². The Labute approximate surface area is 124 Å². The van der Waals surface area contributed by atoms with Gasteiger partial charge in [0.1, 0.15) is 12.8 Å². The standard InChI is InChI=1S/C15H20N2O4/c1-2-4-14(18)20-10-12-6-7-13(21-12)17-8-3-5-11(9-17)15(16)19/h3,6-9,12-13H,2,4-5,10H2,1H3,(H2,16,19)/t12-,13-/m1/s1. The maximum absolute atomic E-state index is 11.3. The summed E-state index contributed by atoms with van der Waals surface area (Å²) in [5.74, 6) is -0.650. The summed E-state index contributed by atoms with van der Waals surface area (Å²) in [7, 11) is 0. The Morgan fingerprint density at radius 1 is 1.48 bits per heavy atom. The Morgan fingerprint density at radius 2 is 2.29 bits per heavy atom. The van der Waals surface area contributed by atoms with E-state index in [1.807, 2.05) is 32.0 Å². The van der Waals surface area contributed by atoms with Crippen molar-refractivity contribution < 1.29 is 19.1 Å². The molecule has 2 atom stereocenters. The van der Waals surface area contributed by atoms with E-state index in [4.69, 9.17) is 15.2 Å². The highest BCUT2D eigenvalue weighted by Crippen LogP contribution is 2.24. The maximum atomic E-state index is 11.3. The fraction of sp³-hybridized carbons (Fsp3) is 0.467. The molecule has 6 heteroatoms. The Morgan fingerprint density at radius 3 is 3.00 bits per heavy atom. The lowest BCUT2D eigenvalue weighted by molar-refractivity contribution is -0.147. The zero-order chi connectivity index (χ0) is 15.2. The highest BCUT2D eigenvalue weighted by atomic mass is 16.6. The van der Waals surface area contributed by atoms with Crippen LogP contribution in [0.15, 0.2) is 24.0 Å². The van der Waals surface area contributed by atoms with Crippen molar-refractivity contribution in [1.82, 2.24) is 4.90 Å². The number of ether oxygens (including phenoxy) is 2. The van der Waals surface area contributed by atoms with Gasteiger partial charge in [0.25, 0.3) is 0 Å². The molecule has 2 rings (SSSR count). The first-order valence-corrected chi connectivity index (χ1v) is 7.04. The lowest BCUT2D eigenvalue weighted by atomic mass is 10.1. The van der Waals surface area contributed by atoms with Crippen LogP contribution in [0.25, 0.3) is 0 Å². The minimum Gasteiger partial charge on any atom is -0.463 e. The van der Waals surface area contributed by atoms with E-state index in [-0.39, 0.29) is 24.9 Å². The summed E-state index contributed by atoms with van der Waals surface area (Å²) < 4.78 is 10.9. The first-order chi connectivity index (χ1) is 10.1. The van der Waals surface area contributed by atoms with Crippen LogP contribution in [0, 0.1) is 12.8 Å². The SMILES string of the molecule is CCCC(=O)OC[C@H]1[CH][CH][C@H](N2C=CCC(C(N)=O)=C2)O1. The smallest absolute Gasteiger partial charge is 0.305 e. The van der Waals surface area contributed by atoms with Gasteiger partial charge in [-0.15, -0.1) is 0 Å². The molecule has 114 valence electrons. The van der Waals surface area contributed by atoms with Crippen molar-refractivity contribution in [3.8, 4) is 0 Å². The molecule has 6 nitrogen and oxygen atoms in total. The van der Waals surface area contributed by atoms with Crippen molar-refractivity contribution in [2.75, 3.05) is 6.61 Å². The van der Waals surface area contributed by atoms with Crippen LogP contribution in [-0.4, -0.2) is 35.7 Å². The molecule has 21 heavy (non-hydrogen) atoms. The van der Waals surface area contributed by atoms with E-state index in [0.29, 0.717) is 18.4 Å². The molecule has 0 unspecified atom stereocenters. The average Bonchev–Trinajstić information content (AvgIpc) is 2.94. The van der Waals surface area contributed by atoms with Gasteiger partial charge >= 0.3 is 5.97 Å². The summed E-state index contributed by atoms with van der Waals surface area (Å²) in [5.41, 5.74) is 5.82. The van der Waals surface area contributed by atoms with E-state index in [2.05, 4.69) is 0 Å². The second-order valence-electron chi connectivity index (χ2n) is 4.94. The zero-order valence-corrected chi connectivity index (χ0v) is 12.0. The van der Waals surface area contributed by atoms with Gasteiger partial charge in [-0.2, -0.15) is 0 Å². The second kappa shape index (κ2) is 7.26. The van der Waals surface area contributed by atoms with Gasteiger partial charge in [0.05, 0.1) is 6.10 Å². The highest BCUT2D eigenvalue weighted by molar-refractivity contribution is 5.92. The van der Waals surface area contributed by atoms with Crippen molar-refractivity contribution >= 4 is 11.9 Å². The third-order valence-corrected chi connectivity index (χ3v) is 3.20. The topological polar surface area (TPSA) is 81.9 Å². The number of rotatable bonds is 6. The second-order valence-corrected chi connectivity index (χ2v) is 4.94. The fourth-order valence-corrected chi connectivity index (χ4v) is 2.10. The Kier molecular flexibility index (Phi) is 5.38. The number of nitrogens with two attached hydrogens (primary N) is 1. The zero-order valence-electron chi connectivity index (χ0n) is 12.0. The molecular weight excluding hydrogens is 272 g/mol. The quantitative estimate of drug-likeness (QED) is 0.740. The molecule has 2 aliphatic rings. The summed E-state index contributed by atoms with van der Waals surface area (Å²) in [6, 6.07) is 0. The van der Waals surface area contributed by atoms with Gasteiger partial charge in [0, 0.05) is 37.2 Å². The Balaban J connectivity index is 1.82. The van der Waals surface area contributed by atoms with Gasteiger partial charge in [0.15, 0.2) is 0 Å². The van der Waals surface area contributed by atoms with E-state index in [0.717, 1.165) is 6.42 Å². The molecule has 0 aromatic rings. The number of carbonyl (C=O) groups excluding carboxylic acids is 2. The summed E-state index contributed by atoms with van der Waals surface area (Å²) in [6.45, 7) is 2.13. The van der Waals surface area contributed by atoms with Gasteiger partial charge < -0.3 is 20.1 Å². The number of hydrogen-bond acceptors (Lipinski definition) is 5. The number of esters is 1. The van der Waals surface area contributed by atoms with E-state index >= 15 is 0 Å². The van der Waals surface area contributed by atoms with Crippen LogP contribution >= 0.6 is 0 Å². The molecule has 2 heterocycles. The molecule has 1 fully saturated rings. The van der Waals surface area contributed by atoms with Gasteiger partial charge in [-0.3, -0.25) is 9.59 Å². The highest BCUT2D eigenvalue weighted by Gasteiger charge is 2.30. The molecule has 2 N–H and O–H groups in total. The molecule has 0 aromatic heterocycles. The molecule has 0 bridgehead atoms. The summed E-state index contributed by atoms with van der Waals surface area (Å²) in [6.07, 6.45) is 10.2. The summed E-state index contributed by atoms with van der Waals surface area (Å²) >= 11 is 0. The number of amides is 1. The largest absolute Gasteiger partial charge is 0.463 e. The number of carbonyl (C=O) groups is 2. The van der Waals surface area contributed by atoms with Crippen LogP contribution in [0.2, 0.25) is 0 Å². The van der Waals surface area contributed by atoms with E-state index in [9.17, 15) is 9.59 Å². The van der Waals surface area contributed by atoms with Gasteiger partial charge in [-0.05, 0) is 12.8 Å². The van der Waals surface area contributed by atoms with Gasteiger partial charge in [-0.25, -0.2) is 0 Å². The summed E-state index contributed by atoms with van der Waals surface area (Å²) in [4.78, 5) is 24.3. The van der Waals surface area contributed by atoms with Crippen LogP contribution < -0.4 is 5.73 Å². The predicted octanol–water partition coefficient (Wildman–Crippen LogP) is 1.05. The molecule has 0 spiro atoms. The van der Waals surface area contributed by atoms with Crippen LogP contribution in [0.3, 0.4) is 0 Å². The molecule has 0 aliphatic carbocycles. The monoisotopic (exact) mass is 292 g/mol. The Hall–Kier alpha value is -1.82. The van der Waals surface area contributed by atoms with Gasteiger partial charge in [-0.1, -0.05) is 13.0 Å². The normalized spacial score (nSPS) is 24.8. The Bertz CT molecular complexity index is 459. The number of nitrogens with zero attached hydrogens (tertiary/aromatic N) is 1. The predicted molar refractivity (Wildman–Crippen MR) is 76.0 cm³/mol. The van der Waals surface area contributed by atoms with Crippen LogP contribution in [0.5, 0.6) is 0 Å². The molecule has 1 amide bonds. The molecule has 0 aromatic carbocycles. The molecule has 2 radical (unpaired) electrons. The average molecular weight is 292 g/mol. The van der Waals surface area contributed by atoms with Crippen LogP contribution in [0.4, 0.5) is 0 Å². The lowest BCUT2D eigenvalue weighted by Crippen LogP contribution is -2.31. The number of allylic oxidation sites excluding steroid dienone is 1. The third-order valence-electron chi connectivity index (χ3n) is 3.20. The lowest BCUT2D eigenvalue weighted by Gasteiger charge is -2.26. The maximum Gasteiger partial charge on any atom is 0.305 e. The molecule has 1 saturated heterocycles. The summed E-state index contributed by atoms with van der Waals surface area (Å²) in [5, 5.41) is 0. The first kappa shape index (κ1) is 15.6. The number of hydrogen-bond donors (Lipinski definition) is 1. The van der Waals surface area contributed by atoms with Crippen molar-refractivity contribution in [2.24, 2.45) is 5.73 Å². The minimum atomic E-state index is -0.434. The van der Waals surface area contributed by atoms with E-state index in [1.165, 1.54) is 0 Å². The van der Waals surface area contributed by atoms with Gasteiger partial charge in [0.2, 0.25) is 5.91 Å². The van der Waals surface area contributed by atoms with Crippen molar-refractivity contribution in [2.45, 2.75) is 38.5 Å². The van der Waals surface area contributed by atoms with E-state index in [1.54, 1.807) is 11.1 Å². The van der Waals surface area contributed by atoms with Crippen LogP contribution in [0.1, 0.15) is 26.2 Å². The minimum absolute atomic E-state index is 0.204. The van der Waals surface area contributed by atoms with Crippen LogP contribution in [-0.2, 0) is 19.1 Å².